The van der Waals surface area contributed by atoms with Crippen molar-refractivity contribution in [3.8, 4) is 0 Å². The number of unbranched alkanes of at least 4 members (excludes halogenated alkanes) is 1. The molecule has 102 valence electrons. The Morgan fingerprint density at radius 1 is 1.42 bits per heavy atom. The third kappa shape index (κ3) is 2.62. The van der Waals surface area contributed by atoms with E-state index in [4.69, 9.17) is 0 Å². The van der Waals surface area contributed by atoms with Gasteiger partial charge in [-0.05, 0) is 18.6 Å². The van der Waals surface area contributed by atoms with Gasteiger partial charge in [0.1, 0.15) is 5.65 Å². The van der Waals surface area contributed by atoms with Crippen molar-refractivity contribution in [3.63, 3.8) is 0 Å². The van der Waals surface area contributed by atoms with Crippen LogP contribution >= 0.6 is 0 Å². The minimum Gasteiger partial charge on any atom is -0.332 e. The van der Waals surface area contributed by atoms with E-state index in [2.05, 4.69) is 4.98 Å². The van der Waals surface area contributed by atoms with Gasteiger partial charge in [-0.25, -0.2) is 4.98 Å². The molecule has 2 aromatic rings. The second kappa shape index (κ2) is 5.03. The Bertz CT molecular complexity index is 601. The number of rotatable bonds is 4. The lowest BCUT2D eigenvalue weighted by Gasteiger charge is -2.03. The van der Waals surface area contributed by atoms with Crippen molar-refractivity contribution in [1.29, 1.82) is 0 Å². The number of hydrogen-bond acceptors (Lipinski definition) is 2. The monoisotopic (exact) mass is 270 g/mol. The van der Waals surface area contributed by atoms with Gasteiger partial charge in [0.05, 0.1) is 5.56 Å². The average Bonchev–Trinajstić information content (AvgIpc) is 2.73. The first-order valence-electron chi connectivity index (χ1n) is 6.00. The number of ketones is 1. The molecule has 6 heteroatoms. The van der Waals surface area contributed by atoms with Gasteiger partial charge in [-0.3, -0.25) is 4.79 Å². The highest BCUT2D eigenvalue weighted by Crippen LogP contribution is 2.27. The van der Waals surface area contributed by atoms with Gasteiger partial charge in [-0.15, -0.1) is 0 Å². The summed E-state index contributed by atoms with van der Waals surface area (Å²) in [5.41, 5.74) is 0.0928. The smallest absolute Gasteiger partial charge is 0.332 e. The second-order valence-corrected chi connectivity index (χ2v) is 4.29. The maximum absolute atomic E-state index is 12.5. The fourth-order valence-electron chi connectivity index (χ4n) is 1.96. The summed E-state index contributed by atoms with van der Waals surface area (Å²) < 4.78 is 39.2. The highest BCUT2D eigenvalue weighted by molar-refractivity contribution is 6.10. The van der Waals surface area contributed by atoms with Gasteiger partial charge in [-0.1, -0.05) is 13.3 Å². The molecule has 0 unspecified atom stereocenters. The lowest BCUT2D eigenvalue weighted by molar-refractivity contribution is -0.0884. The molecular weight excluding hydrogens is 257 g/mol. The minimum atomic E-state index is -4.86. The number of pyridine rings is 1. The largest absolute Gasteiger partial charge is 0.454 e. The molecule has 2 rings (SSSR count). The van der Waals surface area contributed by atoms with Crippen molar-refractivity contribution in [2.45, 2.75) is 32.5 Å². The summed E-state index contributed by atoms with van der Waals surface area (Å²) in [7, 11) is 0. The predicted octanol–water partition coefficient (Wildman–Crippen LogP) is 3.58. The lowest BCUT2D eigenvalue weighted by Crippen LogP contribution is -2.22. The average molecular weight is 270 g/mol. The molecule has 19 heavy (non-hydrogen) atoms. The third-order valence-corrected chi connectivity index (χ3v) is 2.89. The third-order valence-electron chi connectivity index (χ3n) is 2.89. The summed E-state index contributed by atoms with van der Waals surface area (Å²) in [6.45, 7) is 2.54. The highest BCUT2D eigenvalue weighted by Gasteiger charge is 2.40. The van der Waals surface area contributed by atoms with Crippen LogP contribution in [0.25, 0.3) is 11.0 Å². The number of fused-ring (bicyclic) bond motifs is 1. The zero-order valence-electron chi connectivity index (χ0n) is 10.4. The number of aryl methyl sites for hydroxylation is 1. The molecule has 0 atom stereocenters. The van der Waals surface area contributed by atoms with Crippen molar-refractivity contribution in [1.82, 2.24) is 9.55 Å². The van der Waals surface area contributed by atoms with Gasteiger partial charge in [0.15, 0.2) is 0 Å². The topological polar surface area (TPSA) is 34.9 Å². The number of carbonyl (C=O) groups is 1. The molecule has 3 nitrogen and oxygen atoms in total. The molecule has 0 aliphatic rings. The van der Waals surface area contributed by atoms with Crippen LogP contribution in [-0.4, -0.2) is 21.5 Å². The summed E-state index contributed by atoms with van der Waals surface area (Å²) in [4.78, 5) is 15.5. The van der Waals surface area contributed by atoms with E-state index in [1.165, 1.54) is 24.5 Å². The van der Waals surface area contributed by atoms with Crippen LogP contribution in [0.4, 0.5) is 13.2 Å². The molecule has 0 radical (unpaired) electrons. The number of Topliss-reactive ketones (excluding diaryl/α,β-unsaturated/α-hetero) is 1. The molecule has 2 heterocycles. The second-order valence-electron chi connectivity index (χ2n) is 4.29. The van der Waals surface area contributed by atoms with Crippen LogP contribution in [0.15, 0.2) is 24.5 Å². The molecule has 2 aromatic heterocycles. The van der Waals surface area contributed by atoms with Crippen molar-refractivity contribution < 1.29 is 18.0 Å². The van der Waals surface area contributed by atoms with Crippen LogP contribution in [0.2, 0.25) is 0 Å². The van der Waals surface area contributed by atoms with Crippen molar-refractivity contribution in [3.05, 3.63) is 30.1 Å². The normalized spacial score (nSPS) is 12.0. The first kappa shape index (κ1) is 13.6. The molecule has 0 aliphatic heterocycles. The van der Waals surface area contributed by atoms with Crippen LogP contribution in [-0.2, 0) is 6.54 Å². The van der Waals surface area contributed by atoms with E-state index in [0.29, 0.717) is 12.2 Å². The van der Waals surface area contributed by atoms with Gasteiger partial charge in [0.2, 0.25) is 0 Å². The van der Waals surface area contributed by atoms with E-state index in [1.807, 2.05) is 6.92 Å². The van der Waals surface area contributed by atoms with Gasteiger partial charge < -0.3 is 4.57 Å². The molecular formula is C13H13F3N2O. The molecule has 0 aliphatic carbocycles. The summed E-state index contributed by atoms with van der Waals surface area (Å²) in [5.74, 6) is -1.82. The maximum atomic E-state index is 12.5. The van der Waals surface area contributed by atoms with Gasteiger partial charge in [-0.2, -0.15) is 13.2 Å². The van der Waals surface area contributed by atoms with Crippen LogP contribution < -0.4 is 0 Å². The first-order chi connectivity index (χ1) is 8.95. The standard InChI is InChI=1S/C13H13F3N2O/c1-2-3-7-18-8-10(11(19)13(14,15)16)9-5-4-6-17-12(9)18/h4-6,8H,2-3,7H2,1H3. The number of nitrogens with zero attached hydrogens (tertiary/aromatic N) is 2. The molecule has 0 saturated carbocycles. The minimum absolute atomic E-state index is 0.251. The van der Waals surface area contributed by atoms with E-state index in [1.54, 1.807) is 4.57 Å². The van der Waals surface area contributed by atoms with E-state index in [0.717, 1.165) is 12.8 Å². The molecule has 0 bridgehead atoms. The molecule has 0 N–H and O–H groups in total. The number of alkyl halides is 3. The predicted molar refractivity (Wildman–Crippen MR) is 65.0 cm³/mol. The van der Waals surface area contributed by atoms with E-state index in [9.17, 15) is 18.0 Å². The van der Waals surface area contributed by atoms with E-state index >= 15 is 0 Å². The fourth-order valence-corrected chi connectivity index (χ4v) is 1.96. The van der Waals surface area contributed by atoms with Crippen molar-refractivity contribution in [2.75, 3.05) is 0 Å². The number of aromatic nitrogens is 2. The number of hydrogen-bond donors (Lipinski definition) is 0. The zero-order valence-corrected chi connectivity index (χ0v) is 10.4. The Balaban J connectivity index is 2.53. The Morgan fingerprint density at radius 2 is 2.16 bits per heavy atom. The van der Waals surface area contributed by atoms with Crippen molar-refractivity contribution >= 4 is 16.8 Å². The Kier molecular flexibility index (Phi) is 3.59. The lowest BCUT2D eigenvalue weighted by atomic mass is 10.1. The summed E-state index contributed by atoms with van der Waals surface area (Å²) in [6.07, 6.45) is -0.370. The quantitative estimate of drug-likeness (QED) is 0.796. The van der Waals surface area contributed by atoms with Crippen LogP contribution in [0, 0.1) is 0 Å². The zero-order chi connectivity index (χ0) is 14.0. The van der Waals surface area contributed by atoms with Gasteiger partial charge in [0, 0.05) is 24.3 Å². The molecule has 0 spiro atoms. The summed E-state index contributed by atoms with van der Waals surface area (Å²) in [6, 6.07) is 3.02. The number of carbonyl (C=O) groups excluding carboxylic acids is 1. The molecule has 0 saturated heterocycles. The Morgan fingerprint density at radius 3 is 2.79 bits per heavy atom. The Labute approximate surface area is 108 Å². The number of halogens is 3. The van der Waals surface area contributed by atoms with Crippen LogP contribution in [0.1, 0.15) is 30.1 Å². The molecule has 0 fully saturated rings. The van der Waals surface area contributed by atoms with Gasteiger partial charge >= 0.3 is 6.18 Å². The summed E-state index contributed by atoms with van der Waals surface area (Å²) in [5, 5.41) is 0.251. The maximum Gasteiger partial charge on any atom is 0.454 e. The Hall–Kier alpha value is -1.85. The first-order valence-corrected chi connectivity index (χ1v) is 6.00. The van der Waals surface area contributed by atoms with Crippen molar-refractivity contribution in [2.24, 2.45) is 0 Å². The van der Waals surface area contributed by atoms with Gasteiger partial charge in [0.25, 0.3) is 5.78 Å². The summed E-state index contributed by atoms with van der Waals surface area (Å²) >= 11 is 0. The SMILES string of the molecule is CCCCn1cc(C(=O)C(F)(F)F)c2cccnc21. The van der Waals surface area contributed by atoms with E-state index < -0.39 is 12.0 Å². The van der Waals surface area contributed by atoms with Crippen LogP contribution in [0.3, 0.4) is 0 Å². The highest BCUT2D eigenvalue weighted by atomic mass is 19.4. The fraction of sp³-hybridized carbons (Fsp3) is 0.385. The van der Waals surface area contributed by atoms with E-state index in [-0.39, 0.29) is 10.9 Å². The molecule has 0 amide bonds. The van der Waals surface area contributed by atoms with Crippen LogP contribution in [0.5, 0.6) is 0 Å². The molecule has 0 aromatic carbocycles.